The number of rotatable bonds is 9. The Balaban J connectivity index is 1.75. The first-order chi connectivity index (χ1) is 18.2. The van der Waals surface area contributed by atoms with Crippen LogP contribution in [-0.4, -0.2) is 44.6 Å². The minimum absolute atomic E-state index is 0.156. The Bertz CT molecular complexity index is 1490. The number of hydrogen-bond donors (Lipinski definition) is 1. The zero-order chi connectivity index (χ0) is 27.6. The van der Waals surface area contributed by atoms with Gasteiger partial charge < -0.3 is 23.7 Å². The van der Waals surface area contributed by atoms with E-state index in [1.54, 1.807) is 26.4 Å². The summed E-state index contributed by atoms with van der Waals surface area (Å²) in [6, 6.07) is 13.7. The van der Waals surface area contributed by atoms with Crippen LogP contribution in [0.3, 0.4) is 0 Å². The van der Waals surface area contributed by atoms with Crippen molar-refractivity contribution in [3.8, 4) is 28.6 Å². The number of hydrogen-bond acceptors (Lipinski definition) is 6. The molecular weight excluding hydrogens is 500 g/mol. The molecule has 2 aromatic carbocycles. The van der Waals surface area contributed by atoms with Gasteiger partial charge in [0.15, 0.2) is 11.0 Å². The Morgan fingerprint density at radius 1 is 1.00 bits per heavy atom. The van der Waals surface area contributed by atoms with Gasteiger partial charge in [0, 0.05) is 29.6 Å². The number of thioether (sulfide) groups is 1. The molecule has 0 spiro atoms. The van der Waals surface area contributed by atoms with E-state index in [0.29, 0.717) is 29.0 Å². The van der Waals surface area contributed by atoms with Crippen molar-refractivity contribution in [2.24, 2.45) is 0 Å². The monoisotopic (exact) mass is 532 g/mol. The van der Waals surface area contributed by atoms with Gasteiger partial charge in [0.05, 0.1) is 19.9 Å². The van der Waals surface area contributed by atoms with Crippen LogP contribution in [0.2, 0.25) is 0 Å². The second-order valence-corrected chi connectivity index (χ2v) is 9.98. The molecule has 0 fully saturated rings. The third kappa shape index (κ3) is 5.19. The summed E-state index contributed by atoms with van der Waals surface area (Å²) in [6.07, 6.45) is 1.71. The second kappa shape index (κ2) is 11.2. The predicted molar refractivity (Wildman–Crippen MR) is 150 cm³/mol. The quantitative estimate of drug-likeness (QED) is 0.202. The minimum atomic E-state index is -1.03. The van der Waals surface area contributed by atoms with E-state index in [9.17, 15) is 9.90 Å². The van der Waals surface area contributed by atoms with Gasteiger partial charge in [-0.25, -0.2) is 4.79 Å². The summed E-state index contributed by atoms with van der Waals surface area (Å²) in [5, 5.41) is 19.3. The van der Waals surface area contributed by atoms with Crippen LogP contribution in [0.4, 0.5) is 0 Å². The van der Waals surface area contributed by atoms with E-state index in [4.69, 9.17) is 9.47 Å². The van der Waals surface area contributed by atoms with E-state index in [0.717, 1.165) is 51.1 Å². The Morgan fingerprint density at radius 3 is 2.18 bits per heavy atom. The van der Waals surface area contributed by atoms with E-state index < -0.39 is 5.97 Å². The van der Waals surface area contributed by atoms with Gasteiger partial charge in [0.2, 0.25) is 0 Å². The zero-order valence-corrected chi connectivity index (χ0v) is 23.5. The van der Waals surface area contributed by atoms with Crippen molar-refractivity contribution in [3.05, 3.63) is 75.4 Å². The molecule has 4 rings (SSSR count). The fourth-order valence-corrected chi connectivity index (χ4v) is 5.49. The first kappa shape index (κ1) is 27.1. The highest BCUT2D eigenvalue weighted by Crippen LogP contribution is 2.34. The number of aryl methyl sites for hydroxylation is 3. The molecule has 0 aliphatic heterocycles. The Morgan fingerprint density at radius 2 is 1.63 bits per heavy atom. The highest BCUT2D eigenvalue weighted by molar-refractivity contribution is 8.04. The molecule has 38 heavy (non-hydrogen) atoms. The van der Waals surface area contributed by atoms with Crippen LogP contribution < -0.4 is 9.47 Å². The summed E-state index contributed by atoms with van der Waals surface area (Å²) >= 11 is 1.08. The molecule has 0 atom stereocenters. The Hall–Kier alpha value is -3.98. The maximum absolute atomic E-state index is 12.3. The molecule has 0 unspecified atom stereocenters. The van der Waals surface area contributed by atoms with Gasteiger partial charge in [-0.1, -0.05) is 18.2 Å². The summed E-state index contributed by atoms with van der Waals surface area (Å²) < 4.78 is 14.9. The summed E-state index contributed by atoms with van der Waals surface area (Å²) in [5.74, 6) is 0.835. The lowest BCUT2D eigenvalue weighted by atomic mass is 10.1. The fraction of sp³-hybridized carbons (Fsp3) is 0.276. The van der Waals surface area contributed by atoms with E-state index in [-0.39, 0.29) is 4.91 Å². The SMILES string of the molecule is CCn1c(S/C(=C\c2cc(C)n(-c3c(C)cccc3C)c2C)C(=O)O)nnc1-c1cc(OC)cc(OC)c1. The summed E-state index contributed by atoms with van der Waals surface area (Å²) in [5.41, 5.74) is 7.06. The number of carboxylic acids is 1. The topological polar surface area (TPSA) is 91.4 Å². The molecule has 0 saturated carbocycles. The number of ether oxygens (including phenoxy) is 2. The molecule has 0 amide bonds. The third-order valence-corrected chi connectivity index (χ3v) is 7.47. The smallest absolute Gasteiger partial charge is 0.342 e. The van der Waals surface area contributed by atoms with Crippen molar-refractivity contribution in [1.82, 2.24) is 19.3 Å². The molecule has 0 aliphatic rings. The van der Waals surface area contributed by atoms with Crippen molar-refractivity contribution in [2.75, 3.05) is 14.2 Å². The van der Waals surface area contributed by atoms with Crippen molar-refractivity contribution in [1.29, 1.82) is 0 Å². The van der Waals surface area contributed by atoms with Crippen LogP contribution in [0.1, 0.15) is 35.0 Å². The van der Waals surface area contributed by atoms with Crippen LogP contribution in [0.25, 0.3) is 23.2 Å². The van der Waals surface area contributed by atoms with Crippen molar-refractivity contribution in [2.45, 2.75) is 46.3 Å². The maximum atomic E-state index is 12.3. The zero-order valence-electron chi connectivity index (χ0n) is 22.7. The summed E-state index contributed by atoms with van der Waals surface area (Å²) in [7, 11) is 3.18. The normalized spacial score (nSPS) is 11.6. The summed E-state index contributed by atoms with van der Waals surface area (Å²) in [6.45, 7) is 10.7. The van der Waals surface area contributed by atoms with E-state index in [2.05, 4.69) is 40.7 Å². The van der Waals surface area contributed by atoms with Gasteiger partial charge in [0.1, 0.15) is 16.4 Å². The third-order valence-electron chi connectivity index (χ3n) is 6.47. The number of carbonyl (C=O) groups is 1. The Labute approximate surface area is 226 Å². The van der Waals surface area contributed by atoms with E-state index in [1.165, 1.54) is 0 Å². The van der Waals surface area contributed by atoms with Crippen LogP contribution in [-0.2, 0) is 11.3 Å². The van der Waals surface area contributed by atoms with Crippen LogP contribution >= 0.6 is 11.8 Å². The van der Waals surface area contributed by atoms with Crippen molar-refractivity contribution < 1.29 is 19.4 Å². The van der Waals surface area contributed by atoms with Crippen LogP contribution in [0, 0.1) is 27.7 Å². The first-order valence-electron chi connectivity index (χ1n) is 12.2. The lowest BCUT2D eigenvalue weighted by molar-refractivity contribution is -0.131. The molecule has 198 valence electrons. The van der Waals surface area contributed by atoms with Gasteiger partial charge in [-0.15, -0.1) is 10.2 Å². The van der Waals surface area contributed by atoms with Gasteiger partial charge >= 0.3 is 5.97 Å². The van der Waals surface area contributed by atoms with Gasteiger partial charge in [-0.2, -0.15) is 0 Å². The van der Waals surface area contributed by atoms with Crippen molar-refractivity contribution in [3.63, 3.8) is 0 Å². The lowest BCUT2D eigenvalue weighted by Gasteiger charge is -2.15. The first-order valence-corrected chi connectivity index (χ1v) is 13.0. The number of para-hydroxylation sites is 1. The van der Waals surface area contributed by atoms with Gasteiger partial charge in [-0.3, -0.25) is 0 Å². The maximum Gasteiger partial charge on any atom is 0.342 e. The molecule has 0 bridgehead atoms. The van der Waals surface area contributed by atoms with Crippen molar-refractivity contribution >= 4 is 23.8 Å². The average molecular weight is 533 g/mol. The average Bonchev–Trinajstić information content (AvgIpc) is 3.43. The molecular formula is C29H32N4O4S. The fourth-order valence-electron chi connectivity index (χ4n) is 4.61. The molecule has 4 aromatic rings. The highest BCUT2D eigenvalue weighted by atomic mass is 32.2. The Kier molecular flexibility index (Phi) is 7.97. The molecule has 2 heterocycles. The van der Waals surface area contributed by atoms with E-state index >= 15 is 0 Å². The number of benzene rings is 2. The molecule has 9 heteroatoms. The molecule has 0 radical (unpaired) electrons. The standard InChI is InChI=1S/C29H32N4O4S/c1-8-32-27(22-13-23(36-6)16-24(14-22)37-7)30-31-29(32)38-25(28(34)35)15-21-12-19(4)33(20(21)5)26-17(2)10-9-11-18(26)3/h9-16H,8H2,1-7H3,(H,34,35)/b25-15-. The largest absolute Gasteiger partial charge is 0.497 e. The molecule has 2 aromatic heterocycles. The number of nitrogens with zero attached hydrogens (tertiary/aromatic N) is 4. The number of aliphatic carboxylic acids is 1. The minimum Gasteiger partial charge on any atom is -0.497 e. The van der Waals surface area contributed by atoms with Gasteiger partial charge in [-0.05, 0) is 87.3 Å². The molecule has 1 N–H and O–H groups in total. The number of methoxy groups -OCH3 is 2. The highest BCUT2D eigenvalue weighted by Gasteiger charge is 2.21. The summed E-state index contributed by atoms with van der Waals surface area (Å²) in [4.78, 5) is 12.5. The number of carboxylic acid groups (broad SMARTS) is 1. The molecule has 0 saturated heterocycles. The van der Waals surface area contributed by atoms with Gasteiger partial charge in [0.25, 0.3) is 0 Å². The van der Waals surface area contributed by atoms with Crippen LogP contribution in [0.15, 0.2) is 52.5 Å². The number of aromatic nitrogens is 4. The van der Waals surface area contributed by atoms with E-state index in [1.807, 2.05) is 49.6 Å². The molecule has 8 nitrogen and oxygen atoms in total. The lowest BCUT2D eigenvalue weighted by Crippen LogP contribution is -2.04. The van der Waals surface area contributed by atoms with Crippen LogP contribution in [0.5, 0.6) is 11.5 Å². The molecule has 0 aliphatic carbocycles. The second-order valence-electron chi connectivity index (χ2n) is 8.97. The predicted octanol–water partition coefficient (Wildman–Crippen LogP) is 6.22.